The standard InChI is InChI=1S/C13H20O4/c1-10(17-13-6-2-3-7-16-13)9-11(14)12-5-4-8-15-12/h4-5,8,10-11,13-14H,2-3,6-7,9H2,1H3/t10-,11-,13?/m1/s1. The Kier molecular flexibility index (Phi) is 4.59. The summed E-state index contributed by atoms with van der Waals surface area (Å²) in [7, 11) is 0. The number of hydrogen-bond donors (Lipinski definition) is 1. The second-order valence-corrected chi connectivity index (χ2v) is 4.51. The Bertz CT molecular complexity index is 303. The average molecular weight is 240 g/mol. The number of furan rings is 1. The molecule has 2 rings (SSSR count). The zero-order chi connectivity index (χ0) is 12.1. The molecule has 0 bridgehead atoms. The lowest BCUT2D eigenvalue weighted by Gasteiger charge is -2.26. The van der Waals surface area contributed by atoms with Crippen molar-refractivity contribution in [2.75, 3.05) is 6.61 Å². The highest BCUT2D eigenvalue weighted by atomic mass is 16.7. The maximum Gasteiger partial charge on any atom is 0.157 e. The van der Waals surface area contributed by atoms with E-state index in [4.69, 9.17) is 13.9 Å². The fraction of sp³-hybridized carbons (Fsp3) is 0.692. The van der Waals surface area contributed by atoms with Crippen LogP contribution in [0.2, 0.25) is 0 Å². The van der Waals surface area contributed by atoms with Crippen molar-refractivity contribution in [1.29, 1.82) is 0 Å². The lowest BCUT2D eigenvalue weighted by Crippen LogP contribution is -2.27. The van der Waals surface area contributed by atoms with Crippen LogP contribution in [-0.4, -0.2) is 24.1 Å². The molecular weight excluding hydrogens is 220 g/mol. The first-order valence-electron chi connectivity index (χ1n) is 6.24. The Morgan fingerprint density at radius 3 is 3.06 bits per heavy atom. The molecule has 0 amide bonds. The Morgan fingerprint density at radius 2 is 2.41 bits per heavy atom. The molecule has 0 saturated carbocycles. The number of hydrogen-bond acceptors (Lipinski definition) is 4. The molecule has 17 heavy (non-hydrogen) atoms. The summed E-state index contributed by atoms with van der Waals surface area (Å²) in [5, 5.41) is 9.89. The minimum atomic E-state index is -0.608. The summed E-state index contributed by atoms with van der Waals surface area (Å²) in [6.07, 6.45) is 4.54. The van der Waals surface area contributed by atoms with Crippen LogP contribution in [0.5, 0.6) is 0 Å². The molecular formula is C13H20O4. The molecule has 1 aliphatic rings. The Balaban J connectivity index is 1.74. The molecule has 1 aromatic heterocycles. The van der Waals surface area contributed by atoms with Crippen LogP contribution in [0.4, 0.5) is 0 Å². The Hall–Kier alpha value is -0.840. The summed E-state index contributed by atoms with van der Waals surface area (Å²) in [5.41, 5.74) is 0. The lowest BCUT2D eigenvalue weighted by atomic mass is 10.1. The van der Waals surface area contributed by atoms with E-state index in [0.717, 1.165) is 25.9 Å². The first kappa shape index (κ1) is 12.6. The summed E-state index contributed by atoms with van der Waals surface area (Å²) < 4.78 is 16.4. The molecule has 1 saturated heterocycles. The van der Waals surface area contributed by atoms with Crippen molar-refractivity contribution in [2.24, 2.45) is 0 Å². The van der Waals surface area contributed by atoms with Crippen LogP contribution in [0.3, 0.4) is 0 Å². The second kappa shape index (κ2) is 6.19. The molecule has 1 aliphatic heterocycles. The SMILES string of the molecule is C[C@H](C[C@@H](O)c1ccco1)OC1CCCCO1. The Labute approximate surface area is 102 Å². The zero-order valence-electron chi connectivity index (χ0n) is 10.2. The van der Waals surface area contributed by atoms with Crippen molar-refractivity contribution in [2.45, 2.75) is 51.1 Å². The number of aliphatic hydroxyl groups is 1. The molecule has 4 heteroatoms. The molecule has 1 unspecified atom stereocenters. The van der Waals surface area contributed by atoms with Gasteiger partial charge >= 0.3 is 0 Å². The van der Waals surface area contributed by atoms with E-state index in [1.165, 1.54) is 0 Å². The first-order chi connectivity index (χ1) is 8.25. The molecule has 0 spiro atoms. The monoisotopic (exact) mass is 240 g/mol. The van der Waals surface area contributed by atoms with Gasteiger partial charge in [-0.05, 0) is 38.3 Å². The van der Waals surface area contributed by atoms with Crippen molar-refractivity contribution in [1.82, 2.24) is 0 Å². The molecule has 1 aromatic rings. The Morgan fingerprint density at radius 1 is 1.53 bits per heavy atom. The third-order valence-corrected chi connectivity index (χ3v) is 2.95. The maximum absolute atomic E-state index is 9.89. The van der Waals surface area contributed by atoms with Gasteiger partial charge in [0.15, 0.2) is 6.29 Å². The van der Waals surface area contributed by atoms with Crippen molar-refractivity contribution >= 4 is 0 Å². The van der Waals surface area contributed by atoms with Crippen LogP contribution < -0.4 is 0 Å². The summed E-state index contributed by atoms with van der Waals surface area (Å²) in [4.78, 5) is 0. The second-order valence-electron chi connectivity index (χ2n) is 4.51. The van der Waals surface area contributed by atoms with Gasteiger partial charge in [0.25, 0.3) is 0 Å². The van der Waals surface area contributed by atoms with Gasteiger partial charge in [-0.25, -0.2) is 0 Å². The van der Waals surface area contributed by atoms with Gasteiger partial charge in [-0.15, -0.1) is 0 Å². The predicted molar refractivity (Wildman–Crippen MR) is 62.4 cm³/mol. The van der Waals surface area contributed by atoms with Gasteiger partial charge in [0, 0.05) is 13.0 Å². The molecule has 1 fully saturated rings. The fourth-order valence-electron chi connectivity index (χ4n) is 2.04. The molecule has 1 N–H and O–H groups in total. The maximum atomic E-state index is 9.89. The van der Waals surface area contributed by atoms with Crippen molar-refractivity contribution in [3.63, 3.8) is 0 Å². The highest BCUT2D eigenvalue weighted by Gasteiger charge is 2.20. The smallest absolute Gasteiger partial charge is 0.157 e. The summed E-state index contributed by atoms with van der Waals surface area (Å²) in [6.45, 7) is 2.72. The van der Waals surface area contributed by atoms with E-state index < -0.39 is 6.10 Å². The van der Waals surface area contributed by atoms with Gasteiger partial charge in [0.05, 0.1) is 12.4 Å². The van der Waals surface area contributed by atoms with E-state index in [9.17, 15) is 5.11 Å². The van der Waals surface area contributed by atoms with Crippen LogP contribution in [0.15, 0.2) is 22.8 Å². The number of aliphatic hydroxyl groups excluding tert-OH is 1. The van der Waals surface area contributed by atoms with E-state index in [0.29, 0.717) is 12.2 Å². The largest absolute Gasteiger partial charge is 0.467 e. The normalized spacial score (nSPS) is 24.5. The minimum Gasteiger partial charge on any atom is -0.467 e. The topological polar surface area (TPSA) is 51.8 Å². The third kappa shape index (κ3) is 3.84. The van der Waals surface area contributed by atoms with Gasteiger partial charge in [-0.2, -0.15) is 0 Å². The van der Waals surface area contributed by atoms with E-state index in [2.05, 4.69) is 0 Å². The minimum absolute atomic E-state index is 0.0433. The van der Waals surface area contributed by atoms with Gasteiger partial charge in [0.1, 0.15) is 11.9 Å². The van der Waals surface area contributed by atoms with Crippen molar-refractivity contribution < 1.29 is 19.0 Å². The van der Waals surface area contributed by atoms with Crippen molar-refractivity contribution in [3.8, 4) is 0 Å². The molecule has 3 atom stereocenters. The van der Waals surface area contributed by atoms with Gasteiger partial charge < -0.3 is 19.0 Å². The van der Waals surface area contributed by atoms with Gasteiger partial charge in [-0.3, -0.25) is 0 Å². The average Bonchev–Trinajstić information content (AvgIpc) is 2.83. The van der Waals surface area contributed by atoms with Crippen LogP contribution in [0.25, 0.3) is 0 Å². The third-order valence-electron chi connectivity index (χ3n) is 2.95. The number of rotatable bonds is 5. The van der Waals surface area contributed by atoms with Crippen LogP contribution in [0.1, 0.15) is 44.5 Å². The van der Waals surface area contributed by atoms with Gasteiger partial charge in [-0.1, -0.05) is 0 Å². The van der Waals surface area contributed by atoms with E-state index in [1.807, 2.05) is 6.92 Å². The fourth-order valence-corrected chi connectivity index (χ4v) is 2.04. The summed E-state index contributed by atoms with van der Waals surface area (Å²) in [6, 6.07) is 3.54. The van der Waals surface area contributed by atoms with Crippen LogP contribution >= 0.6 is 0 Å². The highest BCUT2D eigenvalue weighted by molar-refractivity contribution is 5.01. The number of ether oxygens (including phenoxy) is 2. The van der Waals surface area contributed by atoms with Crippen molar-refractivity contribution in [3.05, 3.63) is 24.2 Å². The summed E-state index contributed by atoms with van der Waals surface area (Å²) >= 11 is 0. The first-order valence-corrected chi connectivity index (χ1v) is 6.24. The van der Waals surface area contributed by atoms with E-state index in [1.54, 1.807) is 18.4 Å². The molecule has 96 valence electrons. The summed E-state index contributed by atoms with van der Waals surface area (Å²) in [5.74, 6) is 0.588. The van der Waals surface area contributed by atoms with E-state index >= 15 is 0 Å². The highest BCUT2D eigenvalue weighted by Crippen LogP contribution is 2.22. The zero-order valence-corrected chi connectivity index (χ0v) is 10.2. The molecule has 0 radical (unpaired) electrons. The van der Waals surface area contributed by atoms with Gasteiger partial charge in [0.2, 0.25) is 0 Å². The van der Waals surface area contributed by atoms with Crippen LogP contribution in [-0.2, 0) is 9.47 Å². The van der Waals surface area contributed by atoms with Crippen LogP contribution in [0, 0.1) is 0 Å². The van der Waals surface area contributed by atoms with E-state index in [-0.39, 0.29) is 12.4 Å². The quantitative estimate of drug-likeness (QED) is 0.859. The lowest BCUT2D eigenvalue weighted by molar-refractivity contribution is -0.189. The molecule has 2 heterocycles. The molecule has 0 aliphatic carbocycles. The molecule has 4 nitrogen and oxygen atoms in total. The predicted octanol–water partition coefficient (Wildman–Crippen LogP) is 2.63. The molecule has 0 aromatic carbocycles.